The Morgan fingerprint density at radius 3 is 2.52 bits per heavy atom. The number of ketones is 1. The summed E-state index contributed by atoms with van der Waals surface area (Å²) in [4.78, 5) is 35.6. The quantitative estimate of drug-likeness (QED) is 0.646. The van der Waals surface area contributed by atoms with E-state index in [2.05, 4.69) is 5.32 Å². The first-order chi connectivity index (χ1) is 9.99. The molecule has 0 saturated carbocycles. The molecule has 0 radical (unpaired) electrons. The van der Waals surface area contributed by atoms with E-state index < -0.39 is 17.9 Å². The summed E-state index contributed by atoms with van der Waals surface area (Å²) in [6.45, 7) is 1.43. The lowest BCUT2D eigenvalue weighted by molar-refractivity contribution is -0.140. The highest BCUT2D eigenvalue weighted by molar-refractivity contribution is 7.15. The van der Waals surface area contributed by atoms with Gasteiger partial charge in [-0.1, -0.05) is 12.2 Å². The Labute approximate surface area is 126 Å². The van der Waals surface area contributed by atoms with Crippen LogP contribution in [0.15, 0.2) is 24.3 Å². The largest absolute Gasteiger partial charge is 0.480 e. The molecule has 6 heteroatoms. The van der Waals surface area contributed by atoms with E-state index in [-0.39, 0.29) is 11.7 Å². The van der Waals surface area contributed by atoms with Crippen molar-refractivity contribution in [2.24, 2.45) is 5.92 Å². The Hall–Kier alpha value is -1.95. The minimum atomic E-state index is -1.02. The fraction of sp³-hybridized carbons (Fsp3) is 0.400. The number of rotatable bonds is 5. The van der Waals surface area contributed by atoms with E-state index in [9.17, 15) is 19.5 Å². The zero-order valence-corrected chi connectivity index (χ0v) is 12.5. The number of carbonyl (C=O) groups excluding carboxylic acids is 2. The number of hydrogen-bond acceptors (Lipinski definition) is 4. The van der Waals surface area contributed by atoms with Crippen molar-refractivity contribution in [2.45, 2.75) is 32.2 Å². The van der Waals surface area contributed by atoms with E-state index in [1.165, 1.54) is 6.92 Å². The van der Waals surface area contributed by atoms with Gasteiger partial charge in [-0.3, -0.25) is 9.59 Å². The fourth-order valence-corrected chi connectivity index (χ4v) is 3.17. The van der Waals surface area contributed by atoms with E-state index in [1.807, 2.05) is 12.2 Å². The van der Waals surface area contributed by atoms with Crippen LogP contribution in [0.25, 0.3) is 0 Å². The molecule has 0 fully saturated rings. The molecule has 21 heavy (non-hydrogen) atoms. The van der Waals surface area contributed by atoms with Crippen LogP contribution in [0.4, 0.5) is 0 Å². The Morgan fingerprint density at radius 1 is 1.29 bits per heavy atom. The second-order valence-electron chi connectivity index (χ2n) is 5.05. The summed E-state index contributed by atoms with van der Waals surface area (Å²) in [5.41, 5.74) is 0. The van der Waals surface area contributed by atoms with Crippen LogP contribution < -0.4 is 5.32 Å². The predicted molar refractivity (Wildman–Crippen MR) is 79.7 cm³/mol. The highest BCUT2D eigenvalue weighted by Crippen LogP contribution is 2.23. The number of amides is 1. The number of hydrogen-bond donors (Lipinski definition) is 2. The Bertz CT molecular complexity index is 590. The molecular formula is C15H17NO4S. The van der Waals surface area contributed by atoms with Gasteiger partial charge in [-0.25, -0.2) is 4.79 Å². The van der Waals surface area contributed by atoms with Crippen molar-refractivity contribution in [3.63, 3.8) is 0 Å². The smallest absolute Gasteiger partial charge is 0.326 e. The molecular weight excluding hydrogens is 290 g/mol. The fourth-order valence-electron chi connectivity index (χ4n) is 2.36. The van der Waals surface area contributed by atoms with Crippen LogP contribution in [0.3, 0.4) is 0 Å². The maximum absolute atomic E-state index is 12.1. The molecule has 2 rings (SSSR count). The number of carbonyl (C=O) groups is 3. The van der Waals surface area contributed by atoms with Gasteiger partial charge in [-0.05, 0) is 44.2 Å². The van der Waals surface area contributed by atoms with E-state index in [0.717, 1.165) is 24.2 Å². The SMILES string of the molecule is CC(=O)c1ccc(C(=O)NC(C(=O)O)C2CC=CCC2)s1. The van der Waals surface area contributed by atoms with Gasteiger partial charge in [0.05, 0.1) is 9.75 Å². The summed E-state index contributed by atoms with van der Waals surface area (Å²) in [5, 5.41) is 11.9. The standard InChI is InChI=1S/C15H17NO4S/c1-9(17)11-7-8-12(21-11)14(18)16-13(15(19)20)10-5-3-2-4-6-10/h2-3,7-8,10,13H,4-6H2,1H3,(H,16,18)(H,19,20). The molecule has 1 aromatic heterocycles. The number of nitrogens with one attached hydrogen (secondary N) is 1. The van der Waals surface area contributed by atoms with Gasteiger partial charge in [-0.15, -0.1) is 11.3 Å². The molecule has 0 aromatic carbocycles. The molecule has 1 aromatic rings. The maximum atomic E-state index is 12.1. The van der Waals surface area contributed by atoms with Gasteiger partial charge < -0.3 is 10.4 Å². The first-order valence-electron chi connectivity index (χ1n) is 6.78. The third-order valence-corrected chi connectivity index (χ3v) is 4.70. The zero-order chi connectivity index (χ0) is 15.4. The second kappa shape index (κ2) is 6.67. The summed E-state index contributed by atoms with van der Waals surface area (Å²) >= 11 is 1.08. The van der Waals surface area contributed by atoms with Gasteiger partial charge >= 0.3 is 5.97 Å². The second-order valence-corrected chi connectivity index (χ2v) is 6.14. The van der Waals surface area contributed by atoms with Gasteiger partial charge in [0.15, 0.2) is 5.78 Å². The van der Waals surface area contributed by atoms with Crippen molar-refractivity contribution in [3.8, 4) is 0 Å². The monoisotopic (exact) mass is 307 g/mol. The predicted octanol–water partition coefficient (Wildman–Crippen LogP) is 2.49. The Kier molecular flexibility index (Phi) is 4.90. The number of carboxylic acids is 1. The molecule has 112 valence electrons. The van der Waals surface area contributed by atoms with E-state index in [4.69, 9.17) is 0 Å². The summed E-state index contributed by atoms with van der Waals surface area (Å²) < 4.78 is 0. The van der Waals surface area contributed by atoms with Crippen LogP contribution >= 0.6 is 11.3 Å². The summed E-state index contributed by atoms with van der Waals surface area (Å²) in [6, 6.07) is 2.24. The van der Waals surface area contributed by atoms with Gasteiger partial charge in [0.2, 0.25) is 0 Å². The Morgan fingerprint density at radius 2 is 2.00 bits per heavy atom. The molecule has 0 spiro atoms. The molecule has 1 heterocycles. The van der Waals surface area contributed by atoms with Gasteiger partial charge in [0, 0.05) is 0 Å². The maximum Gasteiger partial charge on any atom is 0.326 e. The normalized spacial score (nSPS) is 19.0. The molecule has 5 nitrogen and oxygen atoms in total. The number of Topliss-reactive ketones (excluding diaryl/α,β-unsaturated/α-hetero) is 1. The lowest BCUT2D eigenvalue weighted by Gasteiger charge is -2.25. The summed E-state index contributed by atoms with van der Waals surface area (Å²) in [5.74, 6) is -1.66. The average Bonchev–Trinajstić information content (AvgIpc) is 2.95. The van der Waals surface area contributed by atoms with Crippen LogP contribution in [0.2, 0.25) is 0 Å². The van der Waals surface area contributed by atoms with Crippen molar-refractivity contribution in [3.05, 3.63) is 34.0 Å². The molecule has 0 bridgehead atoms. The average molecular weight is 307 g/mol. The lowest BCUT2D eigenvalue weighted by Crippen LogP contribution is -2.46. The lowest BCUT2D eigenvalue weighted by atomic mass is 9.87. The topological polar surface area (TPSA) is 83.5 Å². The summed E-state index contributed by atoms with van der Waals surface area (Å²) in [7, 11) is 0. The van der Waals surface area contributed by atoms with Crippen LogP contribution in [0.1, 0.15) is 45.5 Å². The van der Waals surface area contributed by atoms with Crippen molar-refractivity contribution in [1.29, 1.82) is 0 Å². The van der Waals surface area contributed by atoms with Gasteiger partial charge in [-0.2, -0.15) is 0 Å². The molecule has 1 aliphatic rings. The molecule has 0 saturated heterocycles. The molecule has 0 aliphatic heterocycles. The molecule has 1 aliphatic carbocycles. The van der Waals surface area contributed by atoms with E-state index in [1.54, 1.807) is 12.1 Å². The summed E-state index contributed by atoms with van der Waals surface area (Å²) in [6.07, 6.45) is 6.21. The minimum absolute atomic E-state index is 0.0938. The minimum Gasteiger partial charge on any atom is -0.480 e. The van der Waals surface area contributed by atoms with Crippen molar-refractivity contribution < 1.29 is 19.5 Å². The van der Waals surface area contributed by atoms with Crippen LogP contribution in [-0.2, 0) is 4.79 Å². The van der Waals surface area contributed by atoms with Crippen molar-refractivity contribution >= 4 is 29.0 Å². The first-order valence-corrected chi connectivity index (χ1v) is 7.60. The highest BCUT2D eigenvalue weighted by Gasteiger charge is 2.30. The molecule has 1 amide bonds. The number of thiophene rings is 1. The van der Waals surface area contributed by atoms with E-state index in [0.29, 0.717) is 16.2 Å². The van der Waals surface area contributed by atoms with Crippen LogP contribution in [-0.4, -0.2) is 28.8 Å². The van der Waals surface area contributed by atoms with Gasteiger partial charge in [0.1, 0.15) is 6.04 Å². The van der Waals surface area contributed by atoms with Crippen molar-refractivity contribution in [1.82, 2.24) is 5.32 Å². The number of carboxylic acid groups (broad SMARTS) is 1. The highest BCUT2D eigenvalue weighted by atomic mass is 32.1. The first kappa shape index (κ1) is 15.4. The molecule has 2 N–H and O–H groups in total. The molecule has 2 unspecified atom stereocenters. The third kappa shape index (κ3) is 3.78. The number of allylic oxidation sites excluding steroid dienone is 2. The van der Waals surface area contributed by atoms with Crippen LogP contribution in [0, 0.1) is 5.92 Å². The van der Waals surface area contributed by atoms with Gasteiger partial charge in [0.25, 0.3) is 5.91 Å². The molecule has 2 atom stereocenters. The number of aliphatic carboxylic acids is 1. The zero-order valence-electron chi connectivity index (χ0n) is 11.7. The van der Waals surface area contributed by atoms with Crippen molar-refractivity contribution in [2.75, 3.05) is 0 Å². The third-order valence-electron chi connectivity index (χ3n) is 3.51. The van der Waals surface area contributed by atoms with E-state index >= 15 is 0 Å². The Balaban J connectivity index is 2.08. The van der Waals surface area contributed by atoms with Crippen LogP contribution in [0.5, 0.6) is 0 Å².